The second kappa shape index (κ2) is 11.0. The van der Waals surface area contributed by atoms with Gasteiger partial charge in [-0.3, -0.25) is 9.59 Å². The van der Waals surface area contributed by atoms with Crippen molar-refractivity contribution < 1.29 is 19.1 Å². The highest BCUT2D eigenvalue weighted by molar-refractivity contribution is 6.45. The molecule has 1 saturated heterocycles. The summed E-state index contributed by atoms with van der Waals surface area (Å²) in [7, 11) is 3.06. The Hall–Kier alpha value is -4.97. The third-order valence-corrected chi connectivity index (χ3v) is 6.89. The van der Waals surface area contributed by atoms with Crippen LogP contribution in [0.15, 0.2) is 54.4 Å². The quantitative estimate of drug-likeness (QED) is 0.0858. The molecule has 1 aliphatic heterocycles. The van der Waals surface area contributed by atoms with Gasteiger partial charge in [0.15, 0.2) is 5.82 Å². The van der Waals surface area contributed by atoms with E-state index in [1.54, 1.807) is 12.0 Å². The topological polar surface area (TPSA) is 142 Å². The molecule has 3 aromatic heterocycles. The minimum atomic E-state index is -0.648. The molecule has 0 unspecified atom stereocenters. The molecule has 1 aliphatic rings. The lowest BCUT2D eigenvalue weighted by molar-refractivity contribution is -0.126. The molecular weight excluding hydrogens is 512 g/mol. The molecule has 12 heteroatoms. The standard InChI is InChI=1S/C28H30N8O4/c1-5-30-16-36(29)27-25-24(22(39-3)15-32-27)19(14-31-25)26(37)28(38)35-10-8-34(9-11-35)21-13-23(40-4)33-20-7-6-17(2)12-18(20)21/h5-7,12-16,31H,1,8-11,29H2,2-4H3. The van der Waals surface area contributed by atoms with E-state index in [1.165, 1.54) is 37.1 Å². The van der Waals surface area contributed by atoms with E-state index in [1.807, 2.05) is 25.1 Å². The number of hydrazine groups is 1. The van der Waals surface area contributed by atoms with E-state index in [-0.39, 0.29) is 5.56 Å². The number of aliphatic imine (C=N–C) groups is 1. The Labute approximate surface area is 230 Å². The lowest BCUT2D eigenvalue weighted by atomic mass is 10.1. The number of amides is 1. The number of Topliss-reactive ketones (excluding diaryl/α,β-unsaturated/α-hetero) is 1. The van der Waals surface area contributed by atoms with Gasteiger partial charge < -0.3 is 24.3 Å². The van der Waals surface area contributed by atoms with Crippen molar-refractivity contribution in [3.8, 4) is 11.6 Å². The largest absolute Gasteiger partial charge is 0.494 e. The summed E-state index contributed by atoms with van der Waals surface area (Å²) in [6.45, 7) is 7.41. The highest BCUT2D eigenvalue weighted by atomic mass is 16.5. The van der Waals surface area contributed by atoms with E-state index in [0.29, 0.717) is 54.5 Å². The molecular formula is C28H30N8O4. The van der Waals surface area contributed by atoms with Gasteiger partial charge >= 0.3 is 0 Å². The Morgan fingerprint density at radius 2 is 1.95 bits per heavy atom. The van der Waals surface area contributed by atoms with Crippen LogP contribution in [0.4, 0.5) is 11.5 Å². The number of nitrogens with zero attached hydrogens (tertiary/aromatic N) is 6. The van der Waals surface area contributed by atoms with Crippen LogP contribution in [0.2, 0.25) is 0 Å². The number of carbonyl (C=O) groups is 2. The van der Waals surface area contributed by atoms with Crippen LogP contribution in [0.5, 0.6) is 11.6 Å². The average Bonchev–Trinajstić information content (AvgIpc) is 3.43. The second-order valence-electron chi connectivity index (χ2n) is 9.27. The number of aryl methyl sites for hydroxylation is 1. The van der Waals surface area contributed by atoms with Gasteiger partial charge in [0.1, 0.15) is 12.1 Å². The number of methoxy groups -OCH3 is 2. The molecule has 0 atom stereocenters. The normalized spacial score (nSPS) is 13.7. The number of aromatic amines is 1. The van der Waals surface area contributed by atoms with Gasteiger partial charge in [0.25, 0.3) is 11.7 Å². The fraction of sp³-hybridized carbons (Fsp3) is 0.250. The molecule has 5 rings (SSSR count). The number of rotatable bonds is 8. The molecule has 4 aromatic rings. The van der Waals surface area contributed by atoms with Crippen molar-refractivity contribution in [1.82, 2.24) is 19.9 Å². The van der Waals surface area contributed by atoms with Crippen LogP contribution < -0.4 is 25.2 Å². The number of ether oxygens (including phenoxy) is 2. The number of hydrogen-bond donors (Lipinski definition) is 2. The van der Waals surface area contributed by atoms with E-state index in [2.05, 4.69) is 37.5 Å². The van der Waals surface area contributed by atoms with Crippen molar-refractivity contribution in [2.24, 2.45) is 10.8 Å². The van der Waals surface area contributed by atoms with Crippen LogP contribution in [0.25, 0.3) is 21.8 Å². The smallest absolute Gasteiger partial charge is 0.295 e. The minimum Gasteiger partial charge on any atom is -0.494 e. The molecule has 1 aromatic carbocycles. The zero-order chi connectivity index (χ0) is 28.4. The van der Waals surface area contributed by atoms with Crippen molar-refractivity contribution in [1.29, 1.82) is 0 Å². The van der Waals surface area contributed by atoms with Gasteiger partial charge in [0.2, 0.25) is 5.88 Å². The fourth-order valence-electron chi connectivity index (χ4n) is 4.88. The Kier molecular flexibility index (Phi) is 7.34. The second-order valence-corrected chi connectivity index (χ2v) is 9.27. The molecule has 206 valence electrons. The van der Waals surface area contributed by atoms with Crippen molar-refractivity contribution in [3.63, 3.8) is 0 Å². The number of benzene rings is 1. The maximum absolute atomic E-state index is 13.5. The number of fused-ring (bicyclic) bond motifs is 2. The van der Waals surface area contributed by atoms with Gasteiger partial charge in [-0.2, -0.15) is 0 Å². The SMILES string of the molecule is C=CN=CN(N)c1ncc(OC)c2c(C(=O)C(=O)N3CCN(c4cc(OC)nc5ccc(C)cc45)CC3)c[nH]c12. The van der Waals surface area contributed by atoms with Crippen LogP contribution in [-0.2, 0) is 4.79 Å². The average molecular weight is 543 g/mol. The third-order valence-electron chi connectivity index (χ3n) is 6.89. The van der Waals surface area contributed by atoms with Crippen molar-refractivity contribution in [2.45, 2.75) is 6.92 Å². The number of nitrogens with two attached hydrogens (primary N) is 1. The molecule has 0 saturated carbocycles. The number of anilines is 2. The van der Waals surface area contributed by atoms with Crippen LogP contribution in [0.1, 0.15) is 15.9 Å². The van der Waals surface area contributed by atoms with Crippen molar-refractivity contribution in [2.75, 3.05) is 50.3 Å². The summed E-state index contributed by atoms with van der Waals surface area (Å²) in [5.41, 5.74) is 3.56. The summed E-state index contributed by atoms with van der Waals surface area (Å²) in [6.07, 6.45) is 5.59. The number of ketones is 1. The van der Waals surface area contributed by atoms with Gasteiger partial charge in [-0.1, -0.05) is 18.2 Å². The Balaban J connectivity index is 1.38. The number of piperazine rings is 1. The minimum absolute atomic E-state index is 0.178. The van der Waals surface area contributed by atoms with Crippen LogP contribution in [0.3, 0.4) is 0 Å². The third kappa shape index (κ3) is 4.80. The summed E-state index contributed by atoms with van der Waals surface area (Å²) >= 11 is 0. The molecule has 3 N–H and O–H groups in total. The number of carbonyl (C=O) groups excluding carboxylic acids is 2. The van der Waals surface area contributed by atoms with Gasteiger partial charge in [-0.25, -0.2) is 25.8 Å². The van der Waals surface area contributed by atoms with Crippen LogP contribution in [0, 0.1) is 6.92 Å². The summed E-state index contributed by atoms with van der Waals surface area (Å²) < 4.78 is 10.9. The summed E-state index contributed by atoms with van der Waals surface area (Å²) in [4.78, 5) is 46.4. The highest BCUT2D eigenvalue weighted by Gasteiger charge is 2.31. The lowest BCUT2D eigenvalue weighted by Gasteiger charge is -2.36. The molecule has 0 spiro atoms. The Bertz CT molecular complexity index is 1640. The Morgan fingerprint density at radius 3 is 2.65 bits per heavy atom. The molecule has 1 fully saturated rings. The molecule has 4 heterocycles. The fourth-order valence-corrected chi connectivity index (χ4v) is 4.88. The first-order valence-electron chi connectivity index (χ1n) is 12.6. The van der Waals surface area contributed by atoms with Crippen LogP contribution >= 0.6 is 0 Å². The van der Waals surface area contributed by atoms with Gasteiger partial charge in [0, 0.05) is 50.0 Å². The number of H-pyrrole nitrogens is 1. The maximum Gasteiger partial charge on any atom is 0.295 e. The van der Waals surface area contributed by atoms with E-state index in [4.69, 9.17) is 15.3 Å². The molecule has 1 amide bonds. The monoisotopic (exact) mass is 542 g/mol. The molecule has 0 aliphatic carbocycles. The van der Waals surface area contributed by atoms with Gasteiger partial charge in [-0.05, 0) is 19.1 Å². The predicted molar refractivity (Wildman–Crippen MR) is 154 cm³/mol. The van der Waals surface area contributed by atoms with Crippen LogP contribution in [-0.4, -0.2) is 78.3 Å². The number of nitrogens with one attached hydrogen (secondary N) is 1. The van der Waals surface area contributed by atoms with E-state index >= 15 is 0 Å². The predicted octanol–water partition coefficient (Wildman–Crippen LogP) is 2.82. The summed E-state index contributed by atoms with van der Waals surface area (Å²) in [6, 6.07) is 7.99. The van der Waals surface area contributed by atoms with Crippen molar-refractivity contribution in [3.05, 3.63) is 60.6 Å². The van der Waals surface area contributed by atoms with Crippen molar-refractivity contribution >= 4 is 51.3 Å². The van der Waals surface area contributed by atoms with E-state index < -0.39 is 11.7 Å². The first-order chi connectivity index (χ1) is 19.4. The number of hydrogen-bond acceptors (Lipinski definition) is 9. The first-order valence-corrected chi connectivity index (χ1v) is 12.6. The summed E-state index contributed by atoms with van der Waals surface area (Å²) in [5.74, 6) is 5.98. The number of aromatic nitrogens is 3. The molecule has 0 radical (unpaired) electrons. The lowest BCUT2D eigenvalue weighted by Crippen LogP contribution is -2.50. The molecule has 12 nitrogen and oxygen atoms in total. The molecule has 0 bridgehead atoms. The Morgan fingerprint density at radius 1 is 1.18 bits per heavy atom. The van der Waals surface area contributed by atoms with Gasteiger partial charge in [0.05, 0.1) is 48.1 Å². The maximum atomic E-state index is 13.5. The van der Waals surface area contributed by atoms with Gasteiger partial charge in [-0.15, -0.1) is 0 Å². The summed E-state index contributed by atoms with van der Waals surface area (Å²) in [5, 5.41) is 2.62. The van der Waals surface area contributed by atoms with E-state index in [9.17, 15) is 9.59 Å². The number of pyridine rings is 2. The molecule has 40 heavy (non-hydrogen) atoms. The highest BCUT2D eigenvalue weighted by Crippen LogP contribution is 2.34. The zero-order valence-electron chi connectivity index (χ0n) is 22.5. The zero-order valence-corrected chi connectivity index (χ0v) is 22.5. The first kappa shape index (κ1) is 26.6. The van der Waals surface area contributed by atoms with E-state index in [0.717, 1.165) is 22.2 Å².